The first kappa shape index (κ1) is 12.1. The van der Waals surface area contributed by atoms with E-state index in [0.717, 1.165) is 18.0 Å². The predicted octanol–water partition coefficient (Wildman–Crippen LogP) is 2.98. The van der Waals surface area contributed by atoms with Crippen LogP contribution in [0.2, 0.25) is 0 Å². The van der Waals surface area contributed by atoms with Gasteiger partial charge in [0.2, 0.25) is 0 Å². The van der Waals surface area contributed by atoms with Crippen LogP contribution in [0.5, 0.6) is 11.5 Å². The maximum Gasteiger partial charge on any atom is 0.166 e. The zero-order valence-corrected chi connectivity index (χ0v) is 12.7. The molecule has 2 heterocycles. The first-order valence-corrected chi connectivity index (χ1v) is 8.01. The first-order valence-electron chi connectivity index (χ1n) is 8.01. The molecule has 0 radical (unpaired) electrons. The number of rotatable bonds is 1. The van der Waals surface area contributed by atoms with E-state index in [9.17, 15) is 0 Å². The molecule has 3 nitrogen and oxygen atoms in total. The average molecular weight is 283 g/mol. The molecule has 1 spiro atoms. The molecule has 0 amide bonds. The van der Waals surface area contributed by atoms with E-state index in [1.54, 1.807) is 7.11 Å². The molecule has 1 saturated carbocycles. The van der Waals surface area contributed by atoms with Gasteiger partial charge in [-0.25, -0.2) is 0 Å². The molecule has 3 atom stereocenters. The highest BCUT2D eigenvalue weighted by Gasteiger charge is 2.68. The molecule has 1 saturated heterocycles. The highest BCUT2D eigenvalue weighted by atomic mass is 16.5. The minimum atomic E-state index is 0.147. The minimum Gasteiger partial charge on any atom is -0.493 e. The number of ether oxygens (including phenoxy) is 2. The van der Waals surface area contributed by atoms with Crippen molar-refractivity contribution in [1.29, 1.82) is 0 Å². The third-order valence-electron chi connectivity index (χ3n) is 6.49. The fourth-order valence-electron chi connectivity index (χ4n) is 5.60. The van der Waals surface area contributed by atoms with Gasteiger partial charge in [0.05, 0.1) is 18.1 Å². The largest absolute Gasteiger partial charge is 0.493 e. The second kappa shape index (κ2) is 3.64. The number of methoxy groups -OCH3 is 1. The summed E-state index contributed by atoms with van der Waals surface area (Å²) in [5, 5.41) is 0. The molecule has 5 rings (SSSR count). The molecular formula is C18H21NO2. The van der Waals surface area contributed by atoms with Gasteiger partial charge in [-0.3, -0.25) is 4.90 Å². The Morgan fingerprint density at radius 2 is 2.24 bits per heavy atom. The van der Waals surface area contributed by atoms with Gasteiger partial charge >= 0.3 is 0 Å². The summed E-state index contributed by atoms with van der Waals surface area (Å²) in [4.78, 5) is 2.57. The van der Waals surface area contributed by atoms with Gasteiger partial charge in [-0.15, -0.1) is 0 Å². The molecule has 0 bridgehead atoms. The Hall–Kier alpha value is -1.48. The SMILES string of the molecule is COc1ccc2c3c1O[C@@H]1CCCC4(C=C2)N(C)CC[C@]314. The lowest BCUT2D eigenvalue weighted by Gasteiger charge is -2.52. The normalized spacial score (nSPS) is 38.9. The van der Waals surface area contributed by atoms with Gasteiger partial charge in [0.15, 0.2) is 11.5 Å². The second-order valence-electron chi connectivity index (χ2n) is 6.96. The lowest BCUT2D eigenvalue weighted by Crippen LogP contribution is -2.61. The van der Waals surface area contributed by atoms with Crippen molar-refractivity contribution in [2.45, 2.75) is 42.7 Å². The van der Waals surface area contributed by atoms with Crippen LogP contribution < -0.4 is 9.47 Å². The van der Waals surface area contributed by atoms with Crippen LogP contribution in [0.4, 0.5) is 0 Å². The highest BCUT2D eigenvalue weighted by Crippen LogP contribution is 2.66. The van der Waals surface area contributed by atoms with Crippen molar-refractivity contribution in [1.82, 2.24) is 4.90 Å². The van der Waals surface area contributed by atoms with Gasteiger partial charge in [-0.05, 0) is 50.9 Å². The number of nitrogens with zero attached hydrogens (tertiary/aromatic N) is 1. The molecule has 110 valence electrons. The summed E-state index contributed by atoms with van der Waals surface area (Å²) in [5.41, 5.74) is 3.06. The van der Waals surface area contributed by atoms with Crippen LogP contribution in [0.1, 0.15) is 36.8 Å². The molecule has 0 aromatic heterocycles. The molecule has 1 aromatic rings. The standard InChI is InChI=1S/C18H21NO2/c1-19-11-10-18-14-4-3-8-17(18,19)9-7-12-5-6-13(20-2)16(21-14)15(12)18/h5-7,9,14H,3-4,8,10-11H2,1-2H3/t14-,17?,18-/m1/s1. The zero-order valence-electron chi connectivity index (χ0n) is 12.7. The molecule has 2 aliphatic carbocycles. The summed E-state index contributed by atoms with van der Waals surface area (Å²) >= 11 is 0. The average Bonchev–Trinajstić information content (AvgIpc) is 3.01. The van der Waals surface area contributed by atoms with Crippen LogP contribution in [0, 0.1) is 0 Å². The summed E-state index contributed by atoms with van der Waals surface area (Å²) in [7, 11) is 4.03. The van der Waals surface area contributed by atoms with Gasteiger partial charge in [-0.1, -0.05) is 18.2 Å². The fourth-order valence-corrected chi connectivity index (χ4v) is 5.60. The van der Waals surface area contributed by atoms with Gasteiger partial charge in [-0.2, -0.15) is 0 Å². The van der Waals surface area contributed by atoms with Gasteiger partial charge < -0.3 is 9.47 Å². The molecule has 4 aliphatic rings. The van der Waals surface area contributed by atoms with Crippen molar-refractivity contribution in [3.05, 3.63) is 29.3 Å². The van der Waals surface area contributed by atoms with E-state index in [1.807, 2.05) is 0 Å². The first-order chi connectivity index (χ1) is 10.2. The third-order valence-corrected chi connectivity index (χ3v) is 6.49. The van der Waals surface area contributed by atoms with Crippen molar-refractivity contribution in [3.8, 4) is 11.5 Å². The van der Waals surface area contributed by atoms with E-state index in [-0.39, 0.29) is 11.0 Å². The van der Waals surface area contributed by atoms with E-state index in [0.29, 0.717) is 6.10 Å². The van der Waals surface area contributed by atoms with Crippen LogP contribution in [-0.2, 0) is 5.41 Å². The number of hydrogen-bond donors (Lipinski definition) is 0. The van der Waals surface area contributed by atoms with Crippen LogP contribution in [0.25, 0.3) is 6.08 Å². The van der Waals surface area contributed by atoms with E-state index in [1.165, 1.54) is 36.8 Å². The number of likely N-dealkylation sites (tertiary alicyclic amines) is 1. The topological polar surface area (TPSA) is 21.7 Å². The van der Waals surface area contributed by atoms with Crippen LogP contribution in [0.15, 0.2) is 18.2 Å². The Bertz CT molecular complexity index is 667. The van der Waals surface area contributed by atoms with Gasteiger partial charge in [0, 0.05) is 5.56 Å². The zero-order chi connectivity index (χ0) is 14.2. The molecule has 3 heteroatoms. The predicted molar refractivity (Wildman–Crippen MR) is 82.0 cm³/mol. The molecule has 1 unspecified atom stereocenters. The smallest absolute Gasteiger partial charge is 0.166 e. The Morgan fingerprint density at radius 1 is 1.33 bits per heavy atom. The summed E-state index contributed by atoms with van der Waals surface area (Å²) in [5.74, 6) is 1.92. The van der Waals surface area contributed by atoms with Gasteiger partial charge in [0.1, 0.15) is 6.10 Å². The molecule has 21 heavy (non-hydrogen) atoms. The highest BCUT2D eigenvalue weighted by molar-refractivity contribution is 5.73. The second-order valence-corrected chi connectivity index (χ2v) is 6.96. The summed E-state index contributed by atoms with van der Waals surface area (Å²) in [6.45, 7) is 1.15. The fraction of sp³-hybridized carbons (Fsp3) is 0.556. The Morgan fingerprint density at radius 3 is 3.10 bits per heavy atom. The molecule has 2 aliphatic heterocycles. The summed E-state index contributed by atoms with van der Waals surface area (Å²) in [6, 6.07) is 4.25. The van der Waals surface area contributed by atoms with Crippen LogP contribution in [0.3, 0.4) is 0 Å². The lowest BCUT2D eigenvalue weighted by molar-refractivity contribution is 0.0254. The quantitative estimate of drug-likeness (QED) is 0.791. The van der Waals surface area contributed by atoms with Crippen LogP contribution in [-0.4, -0.2) is 37.2 Å². The van der Waals surface area contributed by atoms with E-state index in [4.69, 9.17) is 9.47 Å². The van der Waals surface area contributed by atoms with Crippen molar-refractivity contribution in [3.63, 3.8) is 0 Å². The van der Waals surface area contributed by atoms with Crippen LogP contribution >= 0.6 is 0 Å². The molecule has 2 fully saturated rings. The monoisotopic (exact) mass is 283 g/mol. The Kier molecular flexibility index (Phi) is 2.10. The maximum atomic E-state index is 6.48. The Balaban J connectivity index is 1.87. The van der Waals surface area contributed by atoms with E-state index < -0.39 is 0 Å². The molecular weight excluding hydrogens is 262 g/mol. The van der Waals surface area contributed by atoms with E-state index in [2.05, 4.69) is 36.2 Å². The summed E-state index contributed by atoms with van der Waals surface area (Å²) < 4.78 is 12.1. The molecule has 1 aromatic carbocycles. The number of likely N-dealkylation sites (N-methyl/N-ethyl adjacent to an activating group) is 1. The minimum absolute atomic E-state index is 0.147. The summed E-state index contributed by atoms with van der Waals surface area (Å²) in [6.07, 6.45) is 9.95. The van der Waals surface area contributed by atoms with Crippen molar-refractivity contribution in [2.75, 3.05) is 20.7 Å². The number of hydrogen-bond acceptors (Lipinski definition) is 3. The van der Waals surface area contributed by atoms with Gasteiger partial charge in [0.25, 0.3) is 0 Å². The lowest BCUT2D eigenvalue weighted by atomic mass is 9.55. The Labute approximate surface area is 125 Å². The van der Waals surface area contributed by atoms with E-state index >= 15 is 0 Å². The van der Waals surface area contributed by atoms with Crippen molar-refractivity contribution < 1.29 is 9.47 Å². The number of benzene rings is 1. The maximum absolute atomic E-state index is 6.48. The van der Waals surface area contributed by atoms with Crippen molar-refractivity contribution in [2.24, 2.45) is 0 Å². The third kappa shape index (κ3) is 1.11. The molecule has 0 N–H and O–H groups in total. The van der Waals surface area contributed by atoms with Crippen molar-refractivity contribution >= 4 is 6.08 Å².